The van der Waals surface area contributed by atoms with E-state index in [9.17, 15) is 4.79 Å². The van der Waals surface area contributed by atoms with Gasteiger partial charge in [-0.05, 0) is 18.2 Å². The van der Waals surface area contributed by atoms with Crippen molar-refractivity contribution in [1.82, 2.24) is 5.32 Å². The highest BCUT2D eigenvalue weighted by molar-refractivity contribution is 9.10. The lowest BCUT2D eigenvalue weighted by Crippen LogP contribution is -2.28. The van der Waals surface area contributed by atoms with E-state index in [2.05, 4.69) is 21.2 Å². The quantitative estimate of drug-likeness (QED) is 0.477. The summed E-state index contributed by atoms with van der Waals surface area (Å²) in [5.41, 5.74) is 6.49. The number of ether oxygens (including phenoxy) is 1. The summed E-state index contributed by atoms with van der Waals surface area (Å²) in [4.78, 5) is 12.4. The van der Waals surface area contributed by atoms with Crippen molar-refractivity contribution < 1.29 is 9.53 Å². The van der Waals surface area contributed by atoms with E-state index in [1.807, 2.05) is 18.2 Å². The Balaban J connectivity index is 2.39. The Kier molecular flexibility index (Phi) is 6.39. The predicted molar refractivity (Wildman–Crippen MR) is 74.2 cm³/mol. The monoisotopic (exact) mass is 318 g/mol. The minimum atomic E-state index is -0.0218. The molecule has 0 spiro atoms. The predicted octanol–water partition coefficient (Wildman–Crippen LogP) is 1.89. The van der Waals surface area contributed by atoms with Crippen molar-refractivity contribution in [3.63, 3.8) is 0 Å². The van der Waals surface area contributed by atoms with Crippen LogP contribution in [0, 0.1) is 0 Å². The molecule has 0 unspecified atom stereocenters. The highest BCUT2D eigenvalue weighted by Crippen LogP contribution is 2.27. The zero-order chi connectivity index (χ0) is 12.7. The zero-order valence-corrected chi connectivity index (χ0v) is 11.9. The van der Waals surface area contributed by atoms with E-state index >= 15 is 0 Å². The number of nitrogen functional groups attached to an aromatic ring is 1. The molecule has 6 heteroatoms. The Hall–Kier alpha value is -0.720. The first-order valence-electron chi connectivity index (χ1n) is 5.07. The molecule has 0 aromatic heterocycles. The molecular weight excluding hydrogens is 304 g/mol. The van der Waals surface area contributed by atoms with E-state index < -0.39 is 0 Å². The van der Waals surface area contributed by atoms with Gasteiger partial charge >= 0.3 is 0 Å². The largest absolute Gasteiger partial charge is 0.398 e. The summed E-state index contributed by atoms with van der Waals surface area (Å²) < 4.78 is 5.79. The van der Waals surface area contributed by atoms with Gasteiger partial charge in [-0.2, -0.15) is 0 Å². The maximum atomic E-state index is 11.4. The number of rotatable bonds is 6. The van der Waals surface area contributed by atoms with E-state index in [0.717, 1.165) is 9.37 Å². The van der Waals surface area contributed by atoms with E-state index in [-0.39, 0.29) is 5.91 Å². The van der Waals surface area contributed by atoms with Crippen LogP contribution in [0.3, 0.4) is 0 Å². The van der Waals surface area contributed by atoms with Gasteiger partial charge in [-0.25, -0.2) is 0 Å². The lowest BCUT2D eigenvalue weighted by atomic mass is 10.3. The fourth-order valence-electron chi connectivity index (χ4n) is 1.12. The Morgan fingerprint density at radius 1 is 1.59 bits per heavy atom. The third-order valence-corrected chi connectivity index (χ3v) is 3.53. The summed E-state index contributed by atoms with van der Waals surface area (Å²) in [7, 11) is 1.60. The number of halogens is 1. The first-order valence-corrected chi connectivity index (χ1v) is 6.85. The van der Waals surface area contributed by atoms with Crippen molar-refractivity contribution in [3.8, 4) is 0 Å². The van der Waals surface area contributed by atoms with Gasteiger partial charge in [0.25, 0.3) is 0 Å². The fourth-order valence-corrected chi connectivity index (χ4v) is 2.47. The molecule has 94 valence electrons. The highest BCUT2D eigenvalue weighted by Gasteiger charge is 2.05. The van der Waals surface area contributed by atoms with E-state index in [1.165, 1.54) is 11.8 Å². The molecule has 1 rings (SSSR count). The molecule has 0 saturated carbocycles. The molecule has 0 saturated heterocycles. The van der Waals surface area contributed by atoms with Crippen molar-refractivity contribution in [2.24, 2.45) is 0 Å². The van der Waals surface area contributed by atoms with Gasteiger partial charge in [0.1, 0.15) is 0 Å². The topological polar surface area (TPSA) is 64.3 Å². The first kappa shape index (κ1) is 14.3. The molecule has 0 bridgehead atoms. The number of anilines is 1. The minimum absolute atomic E-state index is 0.0218. The number of carbonyl (C=O) groups excluding carboxylic acids is 1. The standard InChI is InChI=1S/C11H15BrN2O2S/c1-16-5-4-14-11(15)7-17-10-6-8(12)2-3-9(10)13/h2-3,6H,4-5,7,13H2,1H3,(H,14,15). The third kappa shape index (κ3) is 5.43. The fraction of sp³-hybridized carbons (Fsp3) is 0.364. The Morgan fingerprint density at radius 3 is 3.06 bits per heavy atom. The van der Waals surface area contributed by atoms with Crippen LogP contribution in [-0.4, -0.2) is 31.9 Å². The number of hydrogen-bond acceptors (Lipinski definition) is 4. The molecule has 1 aromatic carbocycles. The lowest BCUT2D eigenvalue weighted by Gasteiger charge is -2.06. The van der Waals surface area contributed by atoms with Gasteiger partial charge < -0.3 is 15.8 Å². The second-order valence-corrected chi connectivity index (χ2v) is 5.25. The molecule has 4 nitrogen and oxygen atoms in total. The van der Waals surface area contributed by atoms with Gasteiger partial charge in [-0.15, -0.1) is 11.8 Å². The summed E-state index contributed by atoms with van der Waals surface area (Å²) in [6.07, 6.45) is 0. The van der Waals surface area contributed by atoms with Gasteiger partial charge in [-0.1, -0.05) is 15.9 Å². The second kappa shape index (κ2) is 7.58. The number of methoxy groups -OCH3 is 1. The van der Waals surface area contributed by atoms with Crippen LogP contribution in [0.1, 0.15) is 0 Å². The minimum Gasteiger partial charge on any atom is -0.398 e. The highest BCUT2D eigenvalue weighted by atomic mass is 79.9. The number of thioether (sulfide) groups is 1. The number of nitrogens with two attached hydrogens (primary N) is 1. The molecule has 0 fully saturated rings. The second-order valence-electron chi connectivity index (χ2n) is 3.31. The summed E-state index contributed by atoms with van der Waals surface area (Å²) in [5.74, 6) is 0.330. The molecule has 0 radical (unpaired) electrons. The number of hydrogen-bond donors (Lipinski definition) is 2. The van der Waals surface area contributed by atoms with Gasteiger partial charge in [0.15, 0.2) is 0 Å². The third-order valence-electron chi connectivity index (χ3n) is 1.96. The summed E-state index contributed by atoms with van der Waals surface area (Å²) in [5, 5.41) is 2.75. The lowest BCUT2D eigenvalue weighted by molar-refractivity contribution is -0.118. The van der Waals surface area contributed by atoms with Crippen LogP contribution in [0.4, 0.5) is 5.69 Å². The van der Waals surface area contributed by atoms with Crippen LogP contribution in [0.5, 0.6) is 0 Å². The van der Waals surface area contributed by atoms with Gasteiger partial charge in [0.05, 0.1) is 12.4 Å². The molecule has 0 aliphatic heterocycles. The van der Waals surface area contributed by atoms with E-state index in [4.69, 9.17) is 10.5 Å². The van der Waals surface area contributed by atoms with Crippen molar-refractivity contribution in [2.45, 2.75) is 4.90 Å². The molecule has 1 aromatic rings. The van der Waals surface area contributed by atoms with Crippen LogP contribution in [0.25, 0.3) is 0 Å². The van der Waals surface area contributed by atoms with Crippen molar-refractivity contribution in [1.29, 1.82) is 0 Å². The molecule has 0 heterocycles. The molecule has 3 N–H and O–H groups in total. The normalized spacial score (nSPS) is 10.2. The molecule has 17 heavy (non-hydrogen) atoms. The summed E-state index contributed by atoms with van der Waals surface area (Å²) in [6.45, 7) is 1.05. The van der Waals surface area contributed by atoms with Crippen molar-refractivity contribution in [2.75, 3.05) is 31.7 Å². The SMILES string of the molecule is COCCNC(=O)CSc1cc(Br)ccc1N. The maximum absolute atomic E-state index is 11.4. The van der Waals surface area contributed by atoms with Gasteiger partial charge in [0, 0.05) is 28.7 Å². The summed E-state index contributed by atoms with van der Waals surface area (Å²) in [6, 6.07) is 5.59. The smallest absolute Gasteiger partial charge is 0.230 e. The first-order chi connectivity index (χ1) is 8.13. The number of amides is 1. The molecule has 0 aliphatic carbocycles. The van der Waals surface area contributed by atoms with Gasteiger partial charge in [0.2, 0.25) is 5.91 Å². The zero-order valence-electron chi connectivity index (χ0n) is 9.53. The molecule has 1 amide bonds. The molecule has 0 atom stereocenters. The van der Waals surface area contributed by atoms with Crippen LogP contribution >= 0.6 is 27.7 Å². The van der Waals surface area contributed by atoms with Crippen molar-refractivity contribution in [3.05, 3.63) is 22.7 Å². The van der Waals surface area contributed by atoms with Crippen LogP contribution < -0.4 is 11.1 Å². The number of nitrogens with one attached hydrogen (secondary N) is 1. The molecular formula is C11H15BrN2O2S. The number of benzene rings is 1. The van der Waals surface area contributed by atoms with E-state index in [0.29, 0.717) is 24.6 Å². The summed E-state index contributed by atoms with van der Waals surface area (Å²) >= 11 is 4.79. The van der Waals surface area contributed by atoms with Crippen LogP contribution in [0.2, 0.25) is 0 Å². The Labute approximate surface area is 113 Å². The van der Waals surface area contributed by atoms with Crippen LogP contribution in [0.15, 0.2) is 27.6 Å². The Bertz CT molecular complexity index is 388. The average Bonchev–Trinajstić information content (AvgIpc) is 2.31. The van der Waals surface area contributed by atoms with Gasteiger partial charge in [-0.3, -0.25) is 4.79 Å². The van der Waals surface area contributed by atoms with Crippen LogP contribution in [-0.2, 0) is 9.53 Å². The molecule has 0 aliphatic rings. The van der Waals surface area contributed by atoms with Crippen molar-refractivity contribution >= 4 is 39.3 Å². The average molecular weight is 319 g/mol. The van der Waals surface area contributed by atoms with E-state index in [1.54, 1.807) is 7.11 Å². The maximum Gasteiger partial charge on any atom is 0.230 e. The number of carbonyl (C=O) groups is 1. The Morgan fingerprint density at radius 2 is 2.35 bits per heavy atom.